The van der Waals surface area contributed by atoms with Gasteiger partial charge in [-0.1, -0.05) is 12.1 Å². The second kappa shape index (κ2) is 14.1. The average molecular weight is 565 g/mol. The van der Waals surface area contributed by atoms with Crippen molar-refractivity contribution >= 4 is 29.9 Å². The summed E-state index contributed by atoms with van der Waals surface area (Å²) in [5, 5.41) is 6.59. The molecule has 1 fully saturated rings. The lowest BCUT2D eigenvalue weighted by Crippen LogP contribution is -2.40. The summed E-state index contributed by atoms with van der Waals surface area (Å²) in [5.41, 5.74) is 0.516. The number of hydrogen-bond donors (Lipinski definition) is 2. The molecule has 2 N–H and O–H groups in total. The van der Waals surface area contributed by atoms with E-state index in [0.29, 0.717) is 43.6 Å². The summed E-state index contributed by atoms with van der Waals surface area (Å²) < 4.78 is 46.9. The first-order valence-corrected chi connectivity index (χ1v) is 10.5. The largest absolute Gasteiger partial charge is 0.490 e. The molecular weight excluding hydrogens is 535 g/mol. The number of hydrogen-bond acceptors (Lipinski definition) is 5. The molecule has 10 heteroatoms. The van der Waals surface area contributed by atoms with Crippen molar-refractivity contribution in [2.75, 3.05) is 32.9 Å². The molecule has 0 radical (unpaired) electrons. The molecular formula is C22H30F2IN3O4. The highest BCUT2D eigenvalue weighted by Crippen LogP contribution is 2.33. The molecule has 7 nitrogen and oxygen atoms in total. The molecule has 1 saturated heterocycles. The highest BCUT2D eigenvalue weighted by Gasteiger charge is 2.17. The van der Waals surface area contributed by atoms with Crippen molar-refractivity contribution in [3.63, 3.8) is 0 Å². The monoisotopic (exact) mass is 565 g/mol. The maximum Gasteiger partial charge on any atom is 0.387 e. The first-order chi connectivity index (χ1) is 15.2. The number of alkyl halides is 2. The number of ether oxygens (including phenoxy) is 3. The number of benzene rings is 1. The molecule has 0 amide bonds. The Balaban J connectivity index is 0.00000363. The summed E-state index contributed by atoms with van der Waals surface area (Å²) in [6, 6.07) is 8.80. The molecule has 1 aliphatic rings. The predicted molar refractivity (Wildman–Crippen MR) is 128 cm³/mol. The van der Waals surface area contributed by atoms with Crippen LogP contribution in [0.3, 0.4) is 0 Å². The minimum absolute atomic E-state index is 0. The fourth-order valence-electron chi connectivity index (χ4n) is 3.26. The summed E-state index contributed by atoms with van der Waals surface area (Å²) >= 11 is 0. The van der Waals surface area contributed by atoms with Crippen molar-refractivity contribution in [3.05, 3.63) is 47.9 Å². The third-order valence-electron chi connectivity index (χ3n) is 4.80. The number of furan rings is 1. The summed E-state index contributed by atoms with van der Waals surface area (Å²) in [7, 11) is 0. The van der Waals surface area contributed by atoms with Crippen LogP contribution in [0.1, 0.15) is 24.7 Å². The first-order valence-electron chi connectivity index (χ1n) is 10.5. The molecule has 0 aliphatic carbocycles. The predicted octanol–water partition coefficient (Wildman–Crippen LogP) is 4.21. The Labute approximate surface area is 203 Å². The second-order valence-electron chi connectivity index (χ2n) is 7.09. The fraction of sp³-hybridized carbons (Fsp3) is 0.500. The lowest BCUT2D eigenvalue weighted by Gasteiger charge is -2.17. The van der Waals surface area contributed by atoms with Crippen LogP contribution >= 0.6 is 24.0 Å². The minimum atomic E-state index is -2.95. The van der Waals surface area contributed by atoms with Crippen LogP contribution in [0.5, 0.6) is 11.5 Å². The van der Waals surface area contributed by atoms with E-state index in [1.54, 1.807) is 31.4 Å². The molecule has 0 saturated carbocycles. The number of rotatable bonds is 11. The highest BCUT2D eigenvalue weighted by molar-refractivity contribution is 14.0. The third kappa shape index (κ3) is 8.45. The zero-order valence-electron chi connectivity index (χ0n) is 18.0. The number of nitrogens with one attached hydrogen (secondary N) is 2. The van der Waals surface area contributed by atoms with Crippen LogP contribution in [0.4, 0.5) is 8.78 Å². The topological polar surface area (TPSA) is 77.2 Å². The van der Waals surface area contributed by atoms with Gasteiger partial charge in [0, 0.05) is 37.6 Å². The zero-order chi connectivity index (χ0) is 21.9. The van der Waals surface area contributed by atoms with Gasteiger partial charge in [-0.25, -0.2) is 4.99 Å². The van der Waals surface area contributed by atoms with Gasteiger partial charge in [-0.2, -0.15) is 8.78 Å². The molecule has 178 valence electrons. The number of guanidine groups is 1. The van der Waals surface area contributed by atoms with E-state index in [4.69, 9.17) is 18.6 Å². The van der Waals surface area contributed by atoms with E-state index in [-0.39, 0.29) is 42.0 Å². The van der Waals surface area contributed by atoms with Crippen molar-refractivity contribution in [3.8, 4) is 11.5 Å². The number of aliphatic imine (C=N–C) groups is 1. The molecule has 32 heavy (non-hydrogen) atoms. The van der Waals surface area contributed by atoms with Gasteiger partial charge in [0.2, 0.25) is 0 Å². The van der Waals surface area contributed by atoms with Crippen molar-refractivity contribution in [1.82, 2.24) is 10.6 Å². The van der Waals surface area contributed by atoms with Crippen molar-refractivity contribution in [1.29, 1.82) is 0 Å². The molecule has 2 heterocycles. The Morgan fingerprint density at radius 3 is 2.81 bits per heavy atom. The van der Waals surface area contributed by atoms with E-state index in [9.17, 15) is 8.78 Å². The van der Waals surface area contributed by atoms with Crippen molar-refractivity contribution in [2.24, 2.45) is 10.9 Å². The summed E-state index contributed by atoms with van der Waals surface area (Å²) in [4.78, 5) is 4.59. The normalized spacial score (nSPS) is 16.0. The van der Waals surface area contributed by atoms with Gasteiger partial charge in [-0.05, 0) is 31.5 Å². The summed E-state index contributed by atoms with van der Waals surface area (Å²) in [5.74, 6) is 2.16. The maximum absolute atomic E-state index is 13.0. The van der Waals surface area contributed by atoms with E-state index in [0.717, 1.165) is 25.4 Å². The molecule has 0 spiro atoms. The molecule has 2 aromatic rings. The quantitative estimate of drug-likeness (QED) is 0.242. The first kappa shape index (κ1) is 26.2. The van der Waals surface area contributed by atoms with Gasteiger partial charge < -0.3 is 29.3 Å². The summed E-state index contributed by atoms with van der Waals surface area (Å²) in [6.45, 7) is 2.15. The van der Waals surface area contributed by atoms with Gasteiger partial charge in [0.25, 0.3) is 0 Å². The van der Waals surface area contributed by atoms with Gasteiger partial charge in [-0.15, -0.1) is 24.0 Å². The Morgan fingerprint density at radius 2 is 2.12 bits per heavy atom. The lowest BCUT2D eigenvalue weighted by molar-refractivity contribution is -0.0520. The van der Waals surface area contributed by atoms with Gasteiger partial charge in [-0.3, -0.25) is 0 Å². The van der Waals surface area contributed by atoms with Crippen LogP contribution in [0.15, 0.2) is 46.0 Å². The molecule has 1 atom stereocenters. The molecule has 1 aromatic carbocycles. The number of nitrogens with zero attached hydrogens (tertiary/aromatic N) is 1. The highest BCUT2D eigenvalue weighted by atomic mass is 127. The molecule has 1 aromatic heterocycles. The van der Waals surface area contributed by atoms with Crippen LogP contribution in [0.2, 0.25) is 0 Å². The number of halogens is 3. The van der Waals surface area contributed by atoms with Crippen LogP contribution in [-0.4, -0.2) is 45.5 Å². The lowest BCUT2D eigenvalue weighted by atomic mass is 10.1. The van der Waals surface area contributed by atoms with Gasteiger partial charge in [0.15, 0.2) is 17.5 Å². The molecule has 1 unspecified atom stereocenters. The zero-order valence-corrected chi connectivity index (χ0v) is 20.4. The fourth-order valence-corrected chi connectivity index (χ4v) is 3.26. The van der Waals surface area contributed by atoms with Gasteiger partial charge >= 0.3 is 6.61 Å². The molecule has 3 rings (SSSR count). The van der Waals surface area contributed by atoms with Crippen molar-refractivity contribution in [2.45, 2.75) is 32.9 Å². The Morgan fingerprint density at radius 1 is 1.25 bits per heavy atom. The summed E-state index contributed by atoms with van der Waals surface area (Å²) in [6.07, 6.45) is 3.33. The van der Waals surface area contributed by atoms with E-state index in [2.05, 4.69) is 15.6 Å². The average Bonchev–Trinajstić information content (AvgIpc) is 3.45. The Hall–Kier alpha value is -2.08. The van der Waals surface area contributed by atoms with Crippen LogP contribution < -0.4 is 20.1 Å². The third-order valence-corrected chi connectivity index (χ3v) is 4.80. The molecule has 0 bridgehead atoms. The van der Waals surface area contributed by atoms with E-state index >= 15 is 0 Å². The van der Waals surface area contributed by atoms with E-state index in [1.807, 2.05) is 12.1 Å². The smallest absolute Gasteiger partial charge is 0.387 e. The molecule has 1 aliphatic heterocycles. The second-order valence-corrected chi connectivity index (χ2v) is 7.09. The SMILES string of the molecule is CCOc1cccc(CN=C(NCCc2ccco2)NCC2CCOC2)c1OC(F)F.I. The Bertz CT molecular complexity index is 816. The van der Waals surface area contributed by atoms with Crippen LogP contribution in [-0.2, 0) is 17.7 Å². The Kier molecular flexibility index (Phi) is 11.6. The van der Waals surface area contributed by atoms with E-state index in [1.165, 1.54) is 0 Å². The van der Waals surface area contributed by atoms with Crippen molar-refractivity contribution < 1.29 is 27.4 Å². The van der Waals surface area contributed by atoms with E-state index < -0.39 is 6.61 Å². The van der Waals surface area contributed by atoms with Gasteiger partial charge in [0.05, 0.1) is 26.0 Å². The standard InChI is InChI=1S/C22H29F2N3O4.HI/c1-2-29-19-7-3-5-17(20(19)31-21(23)24)14-27-22(26-13-16-9-12-28-15-16)25-10-8-18-6-4-11-30-18;/h3-7,11,16,21H,2,8-10,12-15H2,1H3,(H2,25,26,27);1H. The van der Waals surface area contributed by atoms with Gasteiger partial charge in [0.1, 0.15) is 5.76 Å². The number of para-hydroxylation sites is 1. The van der Waals surface area contributed by atoms with Crippen LogP contribution in [0, 0.1) is 5.92 Å². The minimum Gasteiger partial charge on any atom is -0.490 e. The maximum atomic E-state index is 13.0. The van der Waals surface area contributed by atoms with Crippen LogP contribution in [0.25, 0.3) is 0 Å².